The third-order valence-corrected chi connectivity index (χ3v) is 8.95. The van der Waals surface area contributed by atoms with E-state index < -0.39 is 0 Å². The van der Waals surface area contributed by atoms with Crippen molar-refractivity contribution in [3.63, 3.8) is 0 Å². The Morgan fingerprint density at radius 1 is 0.625 bits per heavy atom. The van der Waals surface area contributed by atoms with Crippen molar-refractivity contribution in [2.24, 2.45) is 0 Å². The van der Waals surface area contributed by atoms with Gasteiger partial charge in [-0.15, -0.1) is 0 Å². The van der Waals surface area contributed by atoms with Crippen molar-refractivity contribution in [1.29, 1.82) is 0 Å². The van der Waals surface area contributed by atoms with Crippen LogP contribution in [0.25, 0.3) is 55.5 Å². The van der Waals surface area contributed by atoms with Gasteiger partial charge in [-0.05, 0) is 123 Å². The molecular weight excluding hydrogens is 490 g/mol. The largest absolute Gasteiger partial charge is 0.355 e. The number of hydrogen-bond acceptors (Lipinski definition) is 3. The second kappa shape index (κ2) is 9.74. The molecule has 8 bridgehead atoms. The van der Waals surface area contributed by atoms with Crippen molar-refractivity contribution in [3.05, 3.63) is 87.8 Å². The highest BCUT2D eigenvalue weighted by Crippen LogP contribution is 2.41. The van der Waals surface area contributed by atoms with Crippen LogP contribution in [0.2, 0.25) is 0 Å². The van der Waals surface area contributed by atoms with Crippen molar-refractivity contribution in [2.75, 3.05) is 0 Å². The molecule has 4 aromatic heterocycles. The standard InChI is InChI=1S/C35H37N5/c1-9-25-22(7)29-14-27-18(3)20(5)34(39-27)33(24-12-11-13-36-17-24)35-21(6)19(4)28(40-35)15-30-23(8)26(10-2)32(38-30)16-31(25)37-29/h11-17,37-38H,9-10H2,1-8H3. The number of rotatable bonds is 3. The Kier molecular flexibility index (Phi) is 6.33. The summed E-state index contributed by atoms with van der Waals surface area (Å²) in [6.07, 6.45) is 5.65. The molecule has 0 saturated carbocycles. The number of fused-ring (bicyclic) bond motifs is 8. The minimum Gasteiger partial charge on any atom is -0.355 e. The van der Waals surface area contributed by atoms with Crippen LogP contribution in [-0.4, -0.2) is 24.9 Å². The molecule has 2 aliphatic heterocycles. The molecule has 6 heterocycles. The molecule has 0 amide bonds. The van der Waals surface area contributed by atoms with E-state index in [2.05, 4.69) is 94.6 Å². The number of nitrogens with zero attached hydrogens (tertiary/aromatic N) is 3. The average molecular weight is 528 g/mol. The number of pyridine rings is 1. The molecule has 2 N–H and O–H groups in total. The van der Waals surface area contributed by atoms with Gasteiger partial charge < -0.3 is 9.97 Å². The van der Waals surface area contributed by atoms with Crippen molar-refractivity contribution in [3.8, 4) is 11.1 Å². The van der Waals surface area contributed by atoms with Gasteiger partial charge in [-0.3, -0.25) is 4.98 Å². The Morgan fingerprint density at radius 3 is 1.55 bits per heavy atom. The van der Waals surface area contributed by atoms with Crippen LogP contribution < -0.4 is 0 Å². The third kappa shape index (κ3) is 3.95. The first kappa shape index (κ1) is 26.0. The molecule has 2 aliphatic rings. The summed E-state index contributed by atoms with van der Waals surface area (Å²) in [5.74, 6) is 0. The Hall–Kier alpha value is -4.25. The fraction of sp³-hybridized carbons (Fsp3) is 0.286. The number of H-pyrrole nitrogens is 2. The third-order valence-electron chi connectivity index (χ3n) is 8.95. The molecule has 0 spiro atoms. The maximum atomic E-state index is 5.28. The zero-order valence-corrected chi connectivity index (χ0v) is 24.8. The van der Waals surface area contributed by atoms with Crippen molar-refractivity contribution in [1.82, 2.24) is 24.9 Å². The minimum absolute atomic E-state index is 0.956. The molecule has 6 rings (SSSR count). The van der Waals surface area contributed by atoms with E-state index in [0.29, 0.717) is 0 Å². The van der Waals surface area contributed by atoms with Crippen LogP contribution in [0.3, 0.4) is 0 Å². The number of hydrogen-bond donors (Lipinski definition) is 2. The SMILES string of the molecule is CCc1c(C)c2cc3nc(c(-c4cccnc4)c4nc(cc5[nH]c(cc1[nH]2)c(CC)c5C)C(C)=C4C)C(C)=C3C. The maximum absolute atomic E-state index is 5.28. The molecule has 0 unspecified atom stereocenters. The van der Waals surface area contributed by atoms with Gasteiger partial charge >= 0.3 is 0 Å². The van der Waals surface area contributed by atoms with E-state index in [0.717, 1.165) is 68.8 Å². The molecule has 0 saturated heterocycles. The molecule has 202 valence electrons. The number of allylic oxidation sites excluding steroid dienone is 4. The van der Waals surface area contributed by atoms with Crippen LogP contribution in [0.4, 0.5) is 0 Å². The zero-order chi connectivity index (χ0) is 28.3. The molecule has 5 nitrogen and oxygen atoms in total. The Labute approximate surface area is 236 Å². The summed E-state index contributed by atoms with van der Waals surface area (Å²) in [6.45, 7) is 17.6. The molecule has 0 fully saturated rings. The minimum atomic E-state index is 0.956. The Balaban J connectivity index is 1.87. The molecule has 40 heavy (non-hydrogen) atoms. The first-order chi connectivity index (χ1) is 19.2. The van der Waals surface area contributed by atoms with Crippen LogP contribution in [0.15, 0.2) is 42.7 Å². The van der Waals surface area contributed by atoms with Gasteiger partial charge in [-0.25, -0.2) is 9.97 Å². The molecular formula is C35H37N5. The van der Waals surface area contributed by atoms with Crippen LogP contribution in [0.5, 0.6) is 0 Å². The molecule has 0 aliphatic carbocycles. The van der Waals surface area contributed by atoms with Gasteiger partial charge in [-0.2, -0.15) is 0 Å². The van der Waals surface area contributed by atoms with Gasteiger partial charge in [0.05, 0.1) is 22.8 Å². The quantitative estimate of drug-likeness (QED) is 0.279. The summed E-state index contributed by atoms with van der Waals surface area (Å²) in [5, 5.41) is 0. The molecule has 0 aromatic carbocycles. The first-order valence-corrected chi connectivity index (χ1v) is 14.3. The highest BCUT2D eigenvalue weighted by molar-refractivity contribution is 6.01. The molecule has 5 heteroatoms. The van der Waals surface area contributed by atoms with E-state index in [1.165, 1.54) is 44.5 Å². The van der Waals surface area contributed by atoms with E-state index in [-0.39, 0.29) is 0 Å². The highest BCUT2D eigenvalue weighted by atomic mass is 14.8. The van der Waals surface area contributed by atoms with Crippen LogP contribution in [0.1, 0.15) is 86.6 Å². The van der Waals surface area contributed by atoms with E-state index in [1.807, 2.05) is 18.5 Å². The summed E-state index contributed by atoms with van der Waals surface area (Å²) in [7, 11) is 0. The molecule has 0 radical (unpaired) electrons. The summed E-state index contributed by atoms with van der Waals surface area (Å²) in [5.41, 5.74) is 20.4. The summed E-state index contributed by atoms with van der Waals surface area (Å²) in [4.78, 5) is 22.5. The van der Waals surface area contributed by atoms with E-state index >= 15 is 0 Å². The van der Waals surface area contributed by atoms with E-state index in [1.54, 1.807) is 0 Å². The number of nitrogens with one attached hydrogen (secondary N) is 2. The predicted octanol–water partition coefficient (Wildman–Crippen LogP) is 9.02. The number of aryl methyl sites for hydroxylation is 4. The normalized spacial score (nSPS) is 13.5. The van der Waals surface area contributed by atoms with Gasteiger partial charge in [0.1, 0.15) is 0 Å². The van der Waals surface area contributed by atoms with Crippen molar-refractivity contribution >= 4 is 44.4 Å². The Bertz CT molecular complexity index is 1790. The monoisotopic (exact) mass is 527 g/mol. The lowest BCUT2D eigenvalue weighted by molar-refractivity contribution is 1.14. The molecule has 0 atom stereocenters. The maximum Gasteiger partial charge on any atom is 0.0770 e. The topological polar surface area (TPSA) is 70.2 Å². The van der Waals surface area contributed by atoms with Gasteiger partial charge in [-0.1, -0.05) is 19.9 Å². The number of aromatic nitrogens is 5. The predicted molar refractivity (Wildman–Crippen MR) is 169 cm³/mol. The lowest BCUT2D eigenvalue weighted by Gasteiger charge is -2.09. The van der Waals surface area contributed by atoms with Gasteiger partial charge in [0.2, 0.25) is 0 Å². The smallest absolute Gasteiger partial charge is 0.0770 e. The van der Waals surface area contributed by atoms with Gasteiger partial charge in [0.25, 0.3) is 0 Å². The second-order valence-electron chi connectivity index (χ2n) is 11.1. The van der Waals surface area contributed by atoms with Gasteiger partial charge in [0, 0.05) is 45.6 Å². The van der Waals surface area contributed by atoms with Crippen LogP contribution in [0, 0.1) is 13.8 Å². The first-order valence-electron chi connectivity index (χ1n) is 14.3. The van der Waals surface area contributed by atoms with Crippen LogP contribution >= 0.6 is 0 Å². The van der Waals surface area contributed by atoms with E-state index in [4.69, 9.17) is 9.97 Å². The fourth-order valence-corrected chi connectivity index (χ4v) is 6.20. The highest BCUT2D eigenvalue weighted by Gasteiger charge is 2.24. The van der Waals surface area contributed by atoms with Gasteiger partial charge in [0.15, 0.2) is 0 Å². The lowest BCUT2D eigenvalue weighted by Crippen LogP contribution is -1.93. The van der Waals surface area contributed by atoms with Crippen molar-refractivity contribution in [2.45, 2.75) is 68.2 Å². The fourth-order valence-electron chi connectivity index (χ4n) is 6.20. The number of aromatic amines is 2. The summed E-state index contributed by atoms with van der Waals surface area (Å²) >= 11 is 0. The lowest BCUT2D eigenvalue weighted by atomic mass is 9.95. The average Bonchev–Trinajstić information content (AvgIpc) is 3.60. The van der Waals surface area contributed by atoms with Crippen LogP contribution in [-0.2, 0) is 12.8 Å². The summed E-state index contributed by atoms with van der Waals surface area (Å²) < 4.78 is 0. The molecule has 4 aromatic rings. The Morgan fingerprint density at radius 2 is 1.12 bits per heavy atom. The summed E-state index contributed by atoms with van der Waals surface area (Å²) in [6, 6.07) is 10.8. The zero-order valence-electron chi connectivity index (χ0n) is 24.8. The van der Waals surface area contributed by atoms with Crippen molar-refractivity contribution < 1.29 is 0 Å². The second-order valence-corrected chi connectivity index (χ2v) is 11.1. The van der Waals surface area contributed by atoms with E-state index in [9.17, 15) is 0 Å².